The quantitative estimate of drug-likeness (QED) is 0.821. The first-order chi connectivity index (χ1) is 9.13. The summed E-state index contributed by atoms with van der Waals surface area (Å²) < 4.78 is 1.05. The predicted molar refractivity (Wildman–Crippen MR) is 88.4 cm³/mol. The van der Waals surface area contributed by atoms with Gasteiger partial charge in [0.2, 0.25) is 0 Å². The fourth-order valence-corrected chi connectivity index (χ4v) is 2.17. The van der Waals surface area contributed by atoms with Gasteiger partial charge in [-0.3, -0.25) is 0 Å². The van der Waals surface area contributed by atoms with Crippen molar-refractivity contribution in [1.82, 2.24) is 5.32 Å². The van der Waals surface area contributed by atoms with E-state index in [9.17, 15) is 0 Å². The van der Waals surface area contributed by atoms with E-state index in [0.717, 1.165) is 16.7 Å². The first-order valence-corrected chi connectivity index (χ1v) is 7.19. The Morgan fingerprint density at radius 2 is 1.89 bits per heavy atom. The lowest BCUT2D eigenvalue weighted by atomic mass is 10.1. The van der Waals surface area contributed by atoms with Gasteiger partial charge in [-0.25, -0.2) is 0 Å². The van der Waals surface area contributed by atoms with E-state index in [4.69, 9.17) is 12.2 Å². The molecule has 0 saturated heterocycles. The maximum atomic E-state index is 5.27. The first kappa shape index (κ1) is 14.0. The lowest BCUT2D eigenvalue weighted by molar-refractivity contribution is 0.924. The molecular formula is C15H15BrN2S. The molecule has 0 unspecified atom stereocenters. The lowest BCUT2D eigenvalue weighted by Crippen LogP contribution is -2.27. The molecule has 0 spiro atoms. The second-order valence-corrected chi connectivity index (χ2v) is 5.63. The highest BCUT2D eigenvalue weighted by atomic mass is 79.9. The van der Waals surface area contributed by atoms with Gasteiger partial charge in [-0.2, -0.15) is 0 Å². The first-order valence-electron chi connectivity index (χ1n) is 5.99. The van der Waals surface area contributed by atoms with E-state index in [1.54, 1.807) is 0 Å². The molecule has 2 nitrogen and oxygen atoms in total. The Kier molecular flexibility index (Phi) is 4.93. The van der Waals surface area contributed by atoms with Crippen LogP contribution in [0, 0.1) is 6.92 Å². The van der Waals surface area contributed by atoms with E-state index in [-0.39, 0.29) is 0 Å². The largest absolute Gasteiger partial charge is 0.358 e. The van der Waals surface area contributed by atoms with Gasteiger partial charge in [0.05, 0.1) is 0 Å². The Balaban J connectivity index is 1.86. The van der Waals surface area contributed by atoms with Crippen LogP contribution in [0.3, 0.4) is 0 Å². The van der Waals surface area contributed by atoms with Crippen molar-refractivity contribution in [2.75, 3.05) is 5.32 Å². The number of thiocarbonyl (C=S) groups is 1. The number of halogens is 1. The maximum Gasteiger partial charge on any atom is 0.171 e. The van der Waals surface area contributed by atoms with Gasteiger partial charge < -0.3 is 10.6 Å². The van der Waals surface area contributed by atoms with E-state index >= 15 is 0 Å². The molecule has 0 amide bonds. The molecule has 2 N–H and O–H groups in total. The molecular weight excluding hydrogens is 320 g/mol. The van der Waals surface area contributed by atoms with Gasteiger partial charge in [0.1, 0.15) is 0 Å². The molecule has 0 aliphatic rings. The summed E-state index contributed by atoms with van der Waals surface area (Å²) in [4.78, 5) is 0. The Morgan fingerprint density at radius 1 is 1.16 bits per heavy atom. The van der Waals surface area contributed by atoms with Gasteiger partial charge in [0, 0.05) is 16.7 Å². The molecule has 0 bridgehead atoms. The molecule has 2 aromatic rings. The number of benzene rings is 2. The SMILES string of the molecule is Cc1cccc(CNC(=S)Nc2ccc(Br)cc2)c1. The van der Waals surface area contributed by atoms with Crippen LogP contribution >= 0.6 is 28.1 Å². The number of anilines is 1. The molecule has 2 aromatic carbocycles. The number of aryl methyl sites for hydroxylation is 1. The Labute approximate surface area is 127 Å². The average molecular weight is 335 g/mol. The fourth-order valence-electron chi connectivity index (χ4n) is 1.71. The molecule has 0 heterocycles. The topological polar surface area (TPSA) is 24.1 Å². The zero-order valence-corrected chi connectivity index (χ0v) is 13.0. The summed E-state index contributed by atoms with van der Waals surface area (Å²) in [6.45, 7) is 2.81. The Hall–Kier alpha value is -1.39. The molecule has 98 valence electrons. The van der Waals surface area contributed by atoms with E-state index in [2.05, 4.69) is 57.8 Å². The normalized spacial score (nSPS) is 10.0. The van der Waals surface area contributed by atoms with Crippen molar-refractivity contribution in [3.8, 4) is 0 Å². The van der Waals surface area contributed by atoms with Crippen molar-refractivity contribution in [2.24, 2.45) is 0 Å². The zero-order valence-electron chi connectivity index (χ0n) is 10.6. The summed E-state index contributed by atoms with van der Waals surface area (Å²) in [6.07, 6.45) is 0. The Morgan fingerprint density at radius 3 is 2.58 bits per heavy atom. The van der Waals surface area contributed by atoms with Crippen molar-refractivity contribution in [1.29, 1.82) is 0 Å². The second-order valence-electron chi connectivity index (χ2n) is 4.30. The average Bonchev–Trinajstić information content (AvgIpc) is 2.39. The third kappa shape index (κ3) is 4.65. The van der Waals surface area contributed by atoms with Crippen LogP contribution in [0.25, 0.3) is 0 Å². The molecule has 19 heavy (non-hydrogen) atoms. The van der Waals surface area contributed by atoms with Crippen molar-refractivity contribution in [3.05, 3.63) is 64.1 Å². The van der Waals surface area contributed by atoms with Gasteiger partial charge in [-0.05, 0) is 49.0 Å². The molecule has 0 atom stereocenters. The van der Waals surface area contributed by atoms with Gasteiger partial charge in [0.15, 0.2) is 5.11 Å². The van der Waals surface area contributed by atoms with Crippen molar-refractivity contribution in [2.45, 2.75) is 13.5 Å². The van der Waals surface area contributed by atoms with E-state index in [1.807, 2.05) is 24.3 Å². The van der Waals surface area contributed by atoms with Crippen LogP contribution in [-0.2, 0) is 6.54 Å². The highest BCUT2D eigenvalue weighted by Crippen LogP contribution is 2.14. The van der Waals surface area contributed by atoms with E-state index < -0.39 is 0 Å². The smallest absolute Gasteiger partial charge is 0.171 e. The van der Waals surface area contributed by atoms with Crippen molar-refractivity contribution < 1.29 is 0 Å². The molecule has 0 aliphatic heterocycles. The monoisotopic (exact) mass is 334 g/mol. The number of nitrogens with one attached hydrogen (secondary N) is 2. The van der Waals surface area contributed by atoms with Crippen molar-refractivity contribution in [3.63, 3.8) is 0 Å². The van der Waals surface area contributed by atoms with E-state index in [0.29, 0.717) is 5.11 Å². The summed E-state index contributed by atoms with van der Waals surface area (Å²) in [5.74, 6) is 0. The third-order valence-electron chi connectivity index (χ3n) is 2.64. The molecule has 2 rings (SSSR count). The van der Waals surface area contributed by atoms with Crippen LogP contribution in [0.4, 0.5) is 5.69 Å². The van der Waals surface area contributed by atoms with E-state index in [1.165, 1.54) is 11.1 Å². The lowest BCUT2D eigenvalue weighted by Gasteiger charge is -2.11. The van der Waals surface area contributed by atoms with Gasteiger partial charge in [-0.1, -0.05) is 45.8 Å². The highest BCUT2D eigenvalue weighted by Gasteiger charge is 1.98. The van der Waals surface area contributed by atoms with Crippen LogP contribution in [0.5, 0.6) is 0 Å². The van der Waals surface area contributed by atoms with Crippen LogP contribution in [0.2, 0.25) is 0 Å². The molecule has 0 aromatic heterocycles. The summed E-state index contributed by atoms with van der Waals surface area (Å²) in [7, 11) is 0. The van der Waals surface area contributed by atoms with Gasteiger partial charge in [-0.15, -0.1) is 0 Å². The zero-order chi connectivity index (χ0) is 13.7. The summed E-state index contributed by atoms with van der Waals surface area (Å²) in [6, 6.07) is 16.3. The molecule has 0 saturated carbocycles. The van der Waals surface area contributed by atoms with Crippen LogP contribution < -0.4 is 10.6 Å². The summed E-state index contributed by atoms with van der Waals surface area (Å²) >= 11 is 8.67. The number of hydrogen-bond acceptors (Lipinski definition) is 1. The molecule has 4 heteroatoms. The van der Waals surface area contributed by atoms with Gasteiger partial charge >= 0.3 is 0 Å². The minimum atomic E-state index is 0.629. The Bertz CT molecular complexity index is 567. The van der Waals surface area contributed by atoms with Gasteiger partial charge in [0.25, 0.3) is 0 Å². The number of rotatable bonds is 3. The minimum Gasteiger partial charge on any atom is -0.358 e. The molecule has 0 aliphatic carbocycles. The fraction of sp³-hybridized carbons (Fsp3) is 0.133. The van der Waals surface area contributed by atoms with Crippen LogP contribution in [0.15, 0.2) is 53.0 Å². The third-order valence-corrected chi connectivity index (χ3v) is 3.41. The number of hydrogen-bond donors (Lipinski definition) is 2. The molecule has 0 radical (unpaired) electrons. The van der Waals surface area contributed by atoms with Crippen LogP contribution in [-0.4, -0.2) is 5.11 Å². The minimum absolute atomic E-state index is 0.629. The molecule has 0 fully saturated rings. The van der Waals surface area contributed by atoms with Crippen molar-refractivity contribution >= 4 is 38.9 Å². The second kappa shape index (κ2) is 6.68. The summed E-state index contributed by atoms with van der Waals surface area (Å²) in [5.41, 5.74) is 3.45. The summed E-state index contributed by atoms with van der Waals surface area (Å²) in [5, 5.41) is 6.98. The maximum absolute atomic E-state index is 5.27. The standard InChI is InChI=1S/C15H15BrN2S/c1-11-3-2-4-12(9-11)10-17-15(19)18-14-7-5-13(16)6-8-14/h2-9H,10H2,1H3,(H2,17,18,19). The predicted octanol–water partition coefficient (Wildman–Crippen LogP) is 4.24. The van der Waals surface area contributed by atoms with Crippen LogP contribution in [0.1, 0.15) is 11.1 Å². The highest BCUT2D eigenvalue weighted by molar-refractivity contribution is 9.10.